The molecule has 8 nitrogen and oxygen atoms in total. The van der Waals surface area contributed by atoms with Gasteiger partial charge in [-0.25, -0.2) is 4.68 Å². The Morgan fingerprint density at radius 3 is 2.35 bits per heavy atom. The molecule has 3 rings (SSSR count). The summed E-state index contributed by atoms with van der Waals surface area (Å²) in [5, 5.41) is 20.2. The van der Waals surface area contributed by atoms with E-state index >= 15 is 0 Å². The van der Waals surface area contributed by atoms with E-state index in [4.69, 9.17) is 0 Å². The first-order chi connectivity index (χ1) is 14.5. The first-order valence-electron chi connectivity index (χ1n) is 10.2. The smallest absolute Gasteiger partial charge is 0.273 e. The number of carbonyl (C=O) groups is 2. The number of fused-ring (bicyclic) bond motifs is 1. The molecular weight excluding hydrogens is 414 g/mol. The molecule has 0 radical (unpaired) electrons. The monoisotopic (exact) mass is 443 g/mol. The van der Waals surface area contributed by atoms with Gasteiger partial charge >= 0.3 is 0 Å². The van der Waals surface area contributed by atoms with Gasteiger partial charge in [-0.1, -0.05) is 42.9 Å². The summed E-state index contributed by atoms with van der Waals surface area (Å²) < 4.78 is 2.28. The van der Waals surface area contributed by atoms with Crippen molar-refractivity contribution in [1.29, 1.82) is 0 Å². The van der Waals surface area contributed by atoms with Crippen LogP contribution in [0.15, 0.2) is 24.3 Å². The normalized spacial score (nSPS) is 12.9. The van der Waals surface area contributed by atoms with Crippen molar-refractivity contribution in [2.75, 3.05) is 11.9 Å². The van der Waals surface area contributed by atoms with E-state index < -0.39 is 5.54 Å². The summed E-state index contributed by atoms with van der Waals surface area (Å²) in [6, 6.07) is 6.89. The average Bonchev–Trinajstić information content (AvgIpc) is 3.24. The fourth-order valence-corrected chi connectivity index (χ4v) is 3.93. The molecule has 3 aromatic rings. The second-order valence-electron chi connectivity index (χ2n) is 8.93. The summed E-state index contributed by atoms with van der Waals surface area (Å²) >= 11 is 1.21. The molecular formula is C22H29N5O3S. The molecule has 31 heavy (non-hydrogen) atoms. The molecule has 0 saturated heterocycles. The second-order valence-corrected chi connectivity index (χ2v) is 9.93. The zero-order chi connectivity index (χ0) is 22.9. The van der Waals surface area contributed by atoms with Crippen molar-refractivity contribution in [3.63, 3.8) is 0 Å². The van der Waals surface area contributed by atoms with Gasteiger partial charge in [0.05, 0.1) is 18.2 Å². The molecule has 166 valence electrons. The lowest BCUT2D eigenvalue weighted by Gasteiger charge is -2.20. The highest BCUT2D eigenvalue weighted by atomic mass is 32.1. The van der Waals surface area contributed by atoms with Crippen LogP contribution in [-0.2, 0) is 5.54 Å². The van der Waals surface area contributed by atoms with E-state index in [9.17, 15) is 14.7 Å². The van der Waals surface area contributed by atoms with Gasteiger partial charge < -0.3 is 10.4 Å². The first kappa shape index (κ1) is 22.9. The fraction of sp³-hybridized carbons (Fsp3) is 0.455. The molecule has 1 atom stereocenters. The number of nitrogens with zero attached hydrogens (tertiary/aromatic N) is 3. The molecule has 2 amide bonds. The first-order valence-corrected chi connectivity index (χ1v) is 11.0. The van der Waals surface area contributed by atoms with Crippen molar-refractivity contribution in [2.24, 2.45) is 5.92 Å². The van der Waals surface area contributed by atoms with Gasteiger partial charge in [0.25, 0.3) is 11.8 Å². The van der Waals surface area contributed by atoms with Crippen molar-refractivity contribution in [3.8, 4) is 0 Å². The van der Waals surface area contributed by atoms with E-state index in [1.54, 1.807) is 16.8 Å². The van der Waals surface area contributed by atoms with Gasteiger partial charge in [-0.15, -0.1) is 0 Å². The highest BCUT2D eigenvalue weighted by Gasteiger charge is 2.28. The second kappa shape index (κ2) is 8.76. The number of amides is 2. The largest absolute Gasteiger partial charge is 0.394 e. The van der Waals surface area contributed by atoms with Gasteiger partial charge in [0.15, 0.2) is 16.5 Å². The van der Waals surface area contributed by atoms with E-state index in [0.717, 1.165) is 5.56 Å². The molecule has 1 unspecified atom stereocenters. The van der Waals surface area contributed by atoms with Gasteiger partial charge in [0, 0.05) is 5.56 Å². The van der Waals surface area contributed by atoms with Gasteiger partial charge in [-0.3, -0.25) is 14.9 Å². The van der Waals surface area contributed by atoms with Crippen LogP contribution in [0.4, 0.5) is 5.13 Å². The van der Waals surface area contributed by atoms with Crippen LogP contribution < -0.4 is 10.6 Å². The molecule has 0 spiro atoms. The van der Waals surface area contributed by atoms with Crippen molar-refractivity contribution in [2.45, 2.75) is 53.1 Å². The van der Waals surface area contributed by atoms with E-state index in [1.807, 2.05) is 53.7 Å². The lowest BCUT2D eigenvalue weighted by atomic mass is 10.1. The SMILES string of the molecule is Cc1ccc(C(=O)Nc2nc3c(s2)c(C(=O)NC(CO)C(C)C)nn3C(C)(C)C)cc1. The maximum Gasteiger partial charge on any atom is 0.273 e. The summed E-state index contributed by atoms with van der Waals surface area (Å²) in [4.78, 5) is 30.1. The van der Waals surface area contributed by atoms with Gasteiger partial charge in [-0.05, 0) is 45.7 Å². The molecule has 0 saturated carbocycles. The van der Waals surface area contributed by atoms with Crippen LogP contribution in [0.5, 0.6) is 0 Å². The highest BCUT2D eigenvalue weighted by Crippen LogP contribution is 2.32. The van der Waals surface area contributed by atoms with E-state index in [-0.39, 0.29) is 36.1 Å². The molecule has 2 heterocycles. The summed E-state index contributed by atoms with van der Waals surface area (Å²) in [5.41, 5.74) is 1.95. The Hall–Kier alpha value is -2.78. The number of hydrogen-bond donors (Lipinski definition) is 3. The maximum atomic E-state index is 13.0. The Bertz CT molecular complexity index is 1090. The standard InChI is InChI=1S/C22H29N5O3S/c1-12(2)15(11-28)23-20(30)16-17-18(27(26-16)22(4,5)6)24-21(31-17)25-19(29)14-9-7-13(3)8-10-14/h7-10,12,15,28H,11H2,1-6H3,(H,23,30)(H,24,25,29). The fourth-order valence-electron chi connectivity index (χ4n) is 3.01. The zero-order valence-electron chi connectivity index (χ0n) is 18.7. The Balaban J connectivity index is 1.96. The van der Waals surface area contributed by atoms with Crippen molar-refractivity contribution in [1.82, 2.24) is 20.1 Å². The number of rotatable bonds is 6. The number of aromatic nitrogens is 3. The predicted molar refractivity (Wildman–Crippen MR) is 123 cm³/mol. The van der Waals surface area contributed by atoms with E-state index in [2.05, 4.69) is 20.7 Å². The van der Waals surface area contributed by atoms with Crippen molar-refractivity contribution in [3.05, 3.63) is 41.1 Å². The van der Waals surface area contributed by atoms with Crippen LogP contribution in [-0.4, -0.2) is 44.3 Å². The zero-order valence-corrected chi connectivity index (χ0v) is 19.5. The molecule has 0 bridgehead atoms. The highest BCUT2D eigenvalue weighted by molar-refractivity contribution is 7.22. The summed E-state index contributed by atoms with van der Waals surface area (Å²) in [7, 11) is 0. The third-order valence-electron chi connectivity index (χ3n) is 4.93. The van der Waals surface area contributed by atoms with Gasteiger partial charge in [-0.2, -0.15) is 10.1 Å². The number of carbonyl (C=O) groups excluding carboxylic acids is 2. The summed E-state index contributed by atoms with van der Waals surface area (Å²) in [6.07, 6.45) is 0. The van der Waals surface area contributed by atoms with E-state index in [1.165, 1.54) is 11.3 Å². The Morgan fingerprint density at radius 1 is 1.16 bits per heavy atom. The number of benzene rings is 1. The quantitative estimate of drug-likeness (QED) is 0.540. The Kier molecular flexibility index (Phi) is 6.47. The van der Waals surface area contributed by atoms with Crippen LogP contribution in [0, 0.1) is 12.8 Å². The molecule has 3 N–H and O–H groups in total. The number of nitrogens with one attached hydrogen (secondary N) is 2. The topological polar surface area (TPSA) is 109 Å². The Labute approximate surface area is 185 Å². The lowest BCUT2D eigenvalue weighted by molar-refractivity contribution is 0.0891. The van der Waals surface area contributed by atoms with E-state index in [0.29, 0.717) is 21.0 Å². The number of anilines is 1. The van der Waals surface area contributed by atoms with Gasteiger partial charge in [0.1, 0.15) is 4.70 Å². The summed E-state index contributed by atoms with van der Waals surface area (Å²) in [5.74, 6) is -0.571. The van der Waals surface area contributed by atoms with Crippen LogP contribution in [0.25, 0.3) is 10.3 Å². The molecule has 0 aliphatic rings. The van der Waals surface area contributed by atoms with Crippen LogP contribution in [0.1, 0.15) is 61.0 Å². The minimum Gasteiger partial charge on any atom is -0.394 e. The maximum absolute atomic E-state index is 13.0. The minimum atomic E-state index is -0.419. The predicted octanol–water partition coefficient (Wildman–Crippen LogP) is 3.56. The number of aryl methyl sites for hydroxylation is 1. The summed E-state index contributed by atoms with van der Waals surface area (Å²) in [6.45, 7) is 11.6. The number of thiazole rings is 1. The average molecular weight is 444 g/mol. The molecule has 1 aromatic carbocycles. The molecule has 0 aliphatic heterocycles. The number of hydrogen-bond acceptors (Lipinski definition) is 6. The molecule has 2 aromatic heterocycles. The molecule has 0 fully saturated rings. The van der Waals surface area contributed by atoms with Crippen molar-refractivity contribution >= 4 is 38.6 Å². The third kappa shape index (κ3) is 4.94. The van der Waals surface area contributed by atoms with Crippen LogP contribution >= 0.6 is 11.3 Å². The van der Waals surface area contributed by atoms with Crippen LogP contribution in [0.3, 0.4) is 0 Å². The molecule has 0 aliphatic carbocycles. The van der Waals surface area contributed by atoms with Crippen LogP contribution in [0.2, 0.25) is 0 Å². The lowest BCUT2D eigenvalue weighted by Crippen LogP contribution is -2.41. The van der Waals surface area contributed by atoms with Crippen molar-refractivity contribution < 1.29 is 14.7 Å². The molecule has 9 heteroatoms. The Morgan fingerprint density at radius 2 is 1.81 bits per heavy atom. The minimum absolute atomic E-state index is 0.0694. The van der Waals surface area contributed by atoms with Gasteiger partial charge in [0.2, 0.25) is 0 Å². The number of aliphatic hydroxyl groups excluding tert-OH is 1. The number of aliphatic hydroxyl groups is 1. The third-order valence-corrected chi connectivity index (χ3v) is 5.89.